The number of aliphatic hydroxyl groups is 4. The van der Waals surface area contributed by atoms with Gasteiger partial charge in [-0.25, -0.2) is 0 Å². The Hall–Kier alpha value is 0.723. The van der Waals surface area contributed by atoms with Gasteiger partial charge in [0.25, 0.3) is 0 Å². The molecule has 0 amide bonds. The van der Waals surface area contributed by atoms with Gasteiger partial charge in [-0.3, -0.25) is 0 Å². The van der Waals surface area contributed by atoms with Gasteiger partial charge in [0.1, 0.15) is 0 Å². The molecule has 0 aliphatic carbocycles. The minimum atomic E-state index is -0.0509. The predicted molar refractivity (Wildman–Crippen MR) is 125 cm³/mol. The molecule has 0 heterocycles. The van der Waals surface area contributed by atoms with E-state index in [1.165, 1.54) is 0 Å². The Balaban J connectivity index is -0.0000000873. The molecule has 180 valence electrons. The standard InChI is InChI=1S/4C6H14O.Zr/c4*1-3-5-6(7)4-2;/h4*6-7H,3-5H2,1-2H3;. The molecule has 0 fully saturated rings. The van der Waals surface area contributed by atoms with Gasteiger partial charge in [0, 0.05) is 26.2 Å². The smallest absolute Gasteiger partial charge is 0.0537 e. The van der Waals surface area contributed by atoms with Crippen LogP contribution in [-0.4, -0.2) is 44.8 Å². The van der Waals surface area contributed by atoms with E-state index in [-0.39, 0.29) is 50.6 Å². The van der Waals surface area contributed by atoms with Crippen molar-refractivity contribution in [1.29, 1.82) is 0 Å². The summed E-state index contributed by atoms with van der Waals surface area (Å²) >= 11 is 0. The van der Waals surface area contributed by atoms with E-state index in [2.05, 4.69) is 27.7 Å². The zero-order valence-corrected chi connectivity index (χ0v) is 23.5. The van der Waals surface area contributed by atoms with E-state index in [1.807, 2.05) is 27.7 Å². The molecule has 5 heteroatoms. The van der Waals surface area contributed by atoms with Crippen molar-refractivity contribution in [2.45, 2.75) is 157 Å². The van der Waals surface area contributed by atoms with Gasteiger partial charge in [-0.1, -0.05) is 81.1 Å². The van der Waals surface area contributed by atoms with Crippen LogP contribution in [0.25, 0.3) is 0 Å². The van der Waals surface area contributed by atoms with Crippen LogP contribution in [0.15, 0.2) is 0 Å². The van der Waals surface area contributed by atoms with Crippen LogP contribution in [0.1, 0.15) is 132 Å². The van der Waals surface area contributed by atoms with Crippen molar-refractivity contribution in [3.63, 3.8) is 0 Å². The molecule has 0 radical (unpaired) electrons. The van der Waals surface area contributed by atoms with Gasteiger partial charge in [-0.15, -0.1) is 0 Å². The summed E-state index contributed by atoms with van der Waals surface area (Å²) in [5.41, 5.74) is 0. The monoisotopic (exact) mass is 498 g/mol. The van der Waals surface area contributed by atoms with Crippen molar-refractivity contribution in [1.82, 2.24) is 0 Å². The second-order valence-corrected chi connectivity index (χ2v) is 7.40. The maximum Gasteiger partial charge on any atom is 0.0537 e. The normalized spacial score (nSPS) is 13.7. The molecule has 0 saturated heterocycles. The molecule has 29 heavy (non-hydrogen) atoms. The SMILES string of the molecule is CCCC(O)CC.CCCC(O)CC.CCCC(O)CC.CCCC(O)CC.[Zr]. The molecule has 0 aliphatic rings. The fourth-order valence-corrected chi connectivity index (χ4v) is 2.15. The molecule has 4 nitrogen and oxygen atoms in total. The van der Waals surface area contributed by atoms with Gasteiger partial charge in [-0.2, -0.15) is 0 Å². The third-order valence-electron chi connectivity index (χ3n) is 4.37. The third-order valence-corrected chi connectivity index (χ3v) is 4.37. The molecule has 0 aromatic carbocycles. The Bertz CT molecular complexity index is 195. The molecule has 0 bridgehead atoms. The molecular weight excluding hydrogens is 443 g/mol. The predicted octanol–water partition coefficient (Wildman–Crippen LogP) is 6.23. The number of hydrogen-bond acceptors (Lipinski definition) is 4. The summed E-state index contributed by atoms with van der Waals surface area (Å²) in [4.78, 5) is 0. The number of rotatable bonds is 12. The van der Waals surface area contributed by atoms with Crippen molar-refractivity contribution in [2.75, 3.05) is 0 Å². The van der Waals surface area contributed by atoms with Gasteiger partial charge < -0.3 is 20.4 Å². The first-order valence-electron chi connectivity index (χ1n) is 12.0. The zero-order valence-electron chi connectivity index (χ0n) is 21.1. The van der Waals surface area contributed by atoms with Crippen molar-refractivity contribution >= 4 is 0 Å². The first kappa shape index (κ1) is 40.1. The zero-order chi connectivity index (χ0) is 22.8. The number of hydrogen-bond donors (Lipinski definition) is 4. The van der Waals surface area contributed by atoms with Gasteiger partial charge in [0.2, 0.25) is 0 Å². The molecule has 0 rings (SSSR count). The van der Waals surface area contributed by atoms with E-state index in [0.717, 1.165) is 77.0 Å². The second kappa shape index (κ2) is 36.1. The van der Waals surface area contributed by atoms with E-state index in [1.54, 1.807) is 0 Å². The van der Waals surface area contributed by atoms with Crippen LogP contribution < -0.4 is 0 Å². The van der Waals surface area contributed by atoms with E-state index < -0.39 is 0 Å². The molecule has 0 aromatic heterocycles. The van der Waals surface area contributed by atoms with E-state index in [9.17, 15) is 0 Å². The minimum absolute atomic E-state index is 0. The quantitative estimate of drug-likeness (QED) is 0.257. The molecule has 0 aromatic rings. The minimum Gasteiger partial charge on any atom is -0.393 e. The summed E-state index contributed by atoms with van der Waals surface area (Å²) in [6, 6.07) is 0. The Kier molecular flexibility index (Phi) is 50.0. The van der Waals surface area contributed by atoms with E-state index in [0.29, 0.717) is 0 Å². The average Bonchev–Trinajstić information content (AvgIpc) is 2.70. The maximum absolute atomic E-state index is 8.86. The van der Waals surface area contributed by atoms with Crippen LogP contribution in [0.5, 0.6) is 0 Å². The van der Waals surface area contributed by atoms with Gasteiger partial charge >= 0.3 is 0 Å². The molecule has 4 atom stereocenters. The van der Waals surface area contributed by atoms with Crippen LogP contribution in [-0.2, 0) is 26.2 Å². The van der Waals surface area contributed by atoms with Gasteiger partial charge in [-0.05, 0) is 51.4 Å². The Morgan fingerprint density at radius 3 is 0.552 bits per heavy atom. The largest absolute Gasteiger partial charge is 0.393 e. The van der Waals surface area contributed by atoms with Crippen LogP contribution in [0.4, 0.5) is 0 Å². The third kappa shape index (κ3) is 47.8. The Labute approximate surface area is 203 Å². The molecule has 0 saturated carbocycles. The molecular formula is C24H56O4Zr. The summed E-state index contributed by atoms with van der Waals surface area (Å²) in [5, 5.41) is 35.4. The summed E-state index contributed by atoms with van der Waals surface area (Å²) in [5.74, 6) is 0. The molecule has 4 N–H and O–H groups in total. The van der Waals surface area contributed by atoms with Crippen LogP contribution in [0, 0.1) is 0 Å². The summed E-state index contributed by atoms with van der Waals surface area (Å²) < 4.78 is 0. The van der Waals surface area contributed by atoms with E-state index in [4.69, 9.17) is 20.4 Å². The first-order chi connectivity index (χ1) is 13.2. The number of aliphatic hydroxyl groups excluding tert-OH is 4. The van der Waals surface area contributed by atoms with Crippen LogP contribution in [0.3, 0.4) is 0 Å². The molecule has 0 spiro atoms. The van der Waals surface area contributed by atoms with E-state index >= 15 is 0 Å². The van der Waals surface area contributed by atoms with Gasteiger partial charge in [0.15, 0.2) is 0 Å². The molecule has 0 aliphatic heterocycles. The van der Waals surface area contributed by atoms with Crippen molar-refractivity contribution in [3.8, 4) is 0 Å². The van der Waals surface area contributed by atoms with Crippen molar-refractivity contribution in [3.05, 3.63) is 0 Å². The Morgan fingerprint density at radius 1 is 0.379 bits per heavy atom. The summed E-state index contributed by atoms with van der Waals surface area (Å²) in [6.07, 6.45) is 11.6. The Morgan fingerprint density at radius 2 is 0.517 bits per heavy atom. The fraction of sp³-hybridized carbons (Fsp3) is 1.00. The van der Waals surface area contributed by atoms with Crippen molar-refractivity contribution < 1.29 is 46.6 Å². The maximum atomic E-state index is 8.86. The average molecular weight is 500 g/mol. The van der Waals surface area contributed by atoms with Crippen LogP contribution in [0.2, 0.25) is 0 Å². The summed E-state index contributed by atoms with van der Waals surface area (Å²) in [6.45, 7) is 16.3. The topological polar surface area (TPSA) is 80.9 Å². The summed E-state index contributed by atoms with van der Waals surface area (Å²) in [7, 11) is 0. The van der Waals surface area contributed by atoms with Crippen molar-refractivity contribution in [2.24, 2.45) is 0 Å². The fourth-order valence-electron chi connectivity index (χ4n) is 2.15. The molecule has 4 unspecified atom stereocenters. The van der Waals surface area contributed by atoms with Crippen LogP contribution >= 0.6 is 0 Å². The van der Waals surface area contributed by atoms with Gasteiger partial charge in [0.05, 0.1) is 24.4 Å². The first-order valence-corrected chi connectivity index (χ1v) is 12.0. The second-order valence-electron chi connectivity index (χ2n) is 7.40.